The van der Waals surface area contributed by atoms with Crippen molar-refractivity contribution in [3.8, 4) is 0 Å². The van der Waals surface area contributed by atoms with Crippen molar-refractivity contribution in [2.75, 3.05) is 13.2 Å². The van der Waals surface area contributed by atoms with Crippen LogP contribution in [0.1, 0.15) is 0 Å². The summed E-state index contributed by atoms with van der Waals surface area (Å²) in [6.45, 7) is -1.55. The number of hydrogen-bond donors (Lipinski definition) is 12. The lowest BCUT2D eigenvalue weighted by Gasteiger charge is -2.43. The summed E-state index contributed by atoms with van der Waals surface area (Å²) in [5.74, 6) is 0. The van der Waals surface area contributed by atoms with E-state index in [2.05, 4.69) is 0 Å². The topological polar surface area (TPSA) is 270 Å². The van der Waals surface area contributed by atoms with E-state index in [1.54, 1.807) is 0 Å². The van der Waals surface area contributed by atoms with Gasteiger partial charge in [0.15, 0.2) is 0 Å². The van der Waals surface area contributed by atoms with Crippen LogP contribution in [0.4, 0.5) is 0 Å². The maximum absolute atomic E-state index is 10.6. The van der Waals surface area contributed by atoms with Gasteiger partial charge in [0.05, 0.1) is 13.2 Å². The summed E-state index contributed by atoms with van der Waals surface area (Å²) < 4.78 is 15.8. The summed E-state index contributed by atoms with van der Waals surface area (Å²) in [7, 11) is 0. The van der Waals surface area contributed by atoms with E-state index >= 15 is 0 Å². The van der Waals surface area contributed by atoms with Gasteiger partial charge in [0.25, 0.3) is 0 Å². The largest absolute Gasteiger partial charge is 0.394 e. The molecule has 3 fully saturated rings. The molecule has 194 valence electrons. The van der Waals surface area contributed by atoms with Crippen LogP contribution in [0.3, 0.4) is 0 Å². The first-order valence-electron chi connectivity index (χ1n) is 10.4. The summed E-state index contributed by atoms with van der Waals surface area (Å²) in [5, 5.41) is 121. The highest BCUT2D eigenvalue weighted by Gasteiger charge is 2.57. The Morgan fingerprint density at radius 3 is 1.00 bits per heavy atom. The van der Waals surface area contributed by atoms with E-state index in [4.69, 9.17) is 14.2 Å². The molecular formula is C18H32O15. The van der Waals surface area contributed by atoms with E-state index in [-0.39, 0.29) is 0 Å². The molecule has 15 heteroatoms. The quantitative estimate of drug-likeness (QED) is 0.165. The first-order chi connectivity index (χ1) is 15.5. The van der Waals surface area contributed by atoms with E-state index < -0.39 is 111 Å². The standard InChI is InChI=1S/C18H32O15/c19-1-3-5(21)7(23)9(25)15(31-3)13(29)17-11(27)12(28)18(33-17)14(30)16-10(26)8(24)6(22)4(2-20)32-16/h3-30H,1-2H2/t3-,4-,5+,6+,7-,8-,9+,10+,11+,12+,13?,14?,15-,16-,17-,18+/m1/s1. The molecule has 15 nitrogen and oxygen atoms in total. The van der Waals surface area contributed by atoms with Gasteiger partial charge in [0.1, 0.15) is 97.7 Å². The Kier molecular flexibility index (Phi) is 8.65. The SMILES string of the molecule is OC[C@H]1O[C@@H](C(O)[C@H]2O[C@@H](C(O)[C@@H]3O[C@H](CO)[C@H](O)[C@@H](O)[C@@H]3O)[C@@H](O)[C@@H]2O)[C@@H](O)[C@H](O)[C@H]1O. The highest BCUT2D eigenvalue weighted by atomic mass is 16.6. The molecule has 12 N–H and O–H groups in total. The lowest BCUT2D eigenvalue weighted by Crippen LogP contribution is -2.64. The summed E-state index contributed by atoms with van der Waals surface area (Å²) in [6.07, 6.45) is -27.9. The van der Waals surface area contributed by atoms with Gasteiger partial charge in [-0.25, -0.2) is 0 Å². The highest BCUT2D eigenvalue weighted by molar-refractivity contribution is 5.05. The zero-order valence-electron chi connectivity index (χ0n) is 17.2. The van der Waals surface area contributed by atoms with Gasteiger partial charge in [-0.1, -0.05) is 0 Å². The van der Waals surface area contributed by atoms with Crippen molar-refractivity contribution in [2.45, 2.75) is 97.7 Å². The van der Waals surface area contributed by atoms with Crippen molar-refractivity contribution >= 4 is 0 Å². The maximum atomic E-state index is 10.6. The van der Waals surface area contributed by atoms with Crippen LogP contribution >= 0.6 is 0 Å². The van der Waals surface area contributed by atoms with Crippen LogP contribution in [0.2, 0.25) is 0 Å². The average molecular weight is 488 g/mol. The normalized spacial score (nSPS) is 53.1. The summed E-state index contributed by atoms with van der Waals surface area (Å²) >= 11 is 0. The Morgan fingerprint density at radius 1 is 0.424 bits per heavy atom. The lowest BCUT2D eigenvalue weighted by molar-refractivity contribution is -0.271. The van der Waals surface area contributed by atoms with Gasteiger partial charge in [-0.3, -0.25) is 0 Å². The molecule has 0 aliphatic carbocycles. The maximum Gasteiger partial charge on any atom is 0.115 e. The molecular weight excluding hydrogens is 456 g/mol. The molecule has 0 aromatic heterocycles. The van der Waals surface area contributed by atoms with E-state index in [0.717, 1.165) is 0 Å². The second kappa shape index (κ2) is 10.6. The molecule has 0 aromatic rings. The Labute approximate surface area is 187 Å². The Hall–Kier alpha value is -0.600. The minimum absolute atomic E-state index is 0.774. The van der Waals surface area contributed by atoms with E-state index in [1.807, 2.05) is 0 Å². The minimum atomic E-state index is -1.94. The first-order valence-corrected chi connectivity index (χ1v) is 10.4. The van der Waals surface area contributed by atoms with Crippen LogP contribution in [0.15, 0.2) is 0 Å². The molecule has 0 saturated carbocycles. The fourth-order valence-electron chi connectivity index (χ4n) is 4.50. The first kappa shape index (κ1) is 27.0. The van der Waals surface area contributed by atoms with Gasteiger partial charge in [-0.2, -0.15) is 0 Å². The average Bonchev–Trinajstić information content (AvgIpc) is 3.10. The van der Waals surface area contributed by atoms with Crippen molar-refractivity contribution in [1.82, 2.24) is 0 Å². The number of aliphatic hydroxyl groups is 12. The van der Waals surface area contributed by atoms with Gasteiger partial charge in [0, 0.05) is 0 Å². The van der Waals surface area contributed by atoms with E-state index in [9.17, 15) is 61.3 Å². The molecule has 3 saturated heterocycles. The van der Waals surface area contributed by atoms with Gasteiger partial charge in [-0.05, 0) is 0 Å². The van der Waals surface area contributed by atoms with Crippen molar-refractivity contribution in [1.29, 1.82) is 0 Å². The zero-order valence-corrected chi connectivity index (χ0v) is 17.2. The Balaban J connectivity index is 1.75. The van der Waals surface area contributed by atoms with Crippen LogP contribution < -0.4 is 0 Å². The van der Waals surface area contributed by atoms with Crippen molar-refractivity contribution in [3.05, 3.63) is 0 Å². The van der Waals surface area contributed by atoms with Gasteiger partial charge >= 0.3 is 0 Å². The van der Waals surface area contributed by atoms with Crippen molar-refractivity contribution in [2.24, 2.45) is 0 Å². The molecule has 3 aliphatic heterocycles. The van der Waals surface area contributed by atoms with Crippen molar-refractivity contribution in [3.63, 3.8) is 0 Å². The Morgan fingerprint density at radius 2 is 0.697 bits per heavy atom. The number of ether oxygens (including phenoxy) is 3. The van der Waals surface area contributed by atoms with Gasteiger partial charge in [-0.15, -0.1) is 0 Å². The molecule has 33 heavy (non-hydrogen) atoms. The monoisotopic (exact) mass is 488 g/mol. The molecule has 3 rings (SSSR count). The van der Waals surface area contributed by atoms with Crippen LogP contribution in [-0.4, -0.2) is 172 Å². The van der Waals surface area contributed by atoms with Crippen LogP contribution in [0.25, 0.3) is 0 Å². The van der Waals surface area contributed by atoms with Crippen LogP contribution in [-0.2, 0) is 14.2 Å². The minimum Gasteiger partial charge on any atom is -0.394 e. The van der Waals surface area contributed by atoms with Crippen LogP contribution in [0.5, 0.6) is 0 Å². The number of rotatable bonds is 6. The Bertz CT molecular complexity index is 584. The molecule has 3 heterocycles. The molecule has 0 bridgehead atoms. The molecule has 0 amide bonds. The second-order valence-corrected chi connectivity index (χ2v) is 8.61. The van der Waals surface area contributed by atoms with E-state index in [0.29, 0.717) is 0 Å². The molecule has 0 spiro atoms. The smallest absolute Gasteiger partial charge is 0.115 e. The summed E-state index contributed by atoms with van der Waals surface area (Å²) in [6, 6.07) is 0. The van der Waals surface area contributed by atoms with Gasteiger partial charge < -0.3 is 75.5 Å². The predicted octanol–water partition coefficient (Wildman–Crippen LogP) is -8.12. The fourth-order valence-corrected chi connectivity index (χ4v) is 4.50. The molecule has 0 radical (unpaired) electrons. The second-order valence-electron chi connectivity index (χ2n) is 8.61. The molecule has 0 aromatic carbocycles. The lowest BCUT2D eigenvalue weighted by atomic mass is 9.88. The fraction of sp³-hybridized carbons (Fsp3) is 1.00. The predicted molar refractivity (Wildman–Crippen MR) is 100 cm³/mol. The third kappa shape index (κ3) is 4.77. The zero-order chi connectivity index (χ0) is 24.8. The molecule has 3 aliphatic rings. The highest BCUT2D eigenvalue weighted by Crippen LogP contribution is 2.34. The molecule has 16 atom stereocenters. The van der Waals surface area contributed by atoms with Crippen molar-refractivity contribution < 1.29 is 75.5 Å². The summed E-state index contributed by atoms with van der Waals surface area (Å²) in [5.41, 5.74) is 0. The van der Waals surface area contributed by atoms with Crippen LogP contribution in [0, 0.1) is 0 Å². The summed E-state index contributed by atoms with van der Waals surface area (Å²) in [4.78, 5) is 0. The molecule has 2 unspecified atom stereocenters. The van der Waals surface area contributed by atoms with E-state index in [1.165, 1.54) is 0 Å². The number of hydrogen-bond acceptors (Lipinski definition) is 15. The third-order valence-electron chi connectivity index (χ3n) is 6.54. The van der Waals surface area contributed by atoms with Gasteiger partial charge in [0.2, 0.25) is 0 Å². The third-order valence-corrected chi connectivity index (χ3v) is 6.54. The number of aliphatic hydroxyl groups excluding tert-OH is 12.